The van der Waals surface area contributed by atoms with E-state index in [9.17, 15) is 55.1 Å². The van der Waals surface area contributed by atoms with Crippen LogP contribution in [0.1, 0.15) is 27.6 Å². The summed E-state index contributed by atoms with van der Waals surface area (Å²) >= 11 is 7.11. The molecule has 242 valence electrons. The smallest absolute Gasteiger partial charge is 0.342 e. The summed E-state index contributed by atoms with van der Waals surface area (Å²) in [7, 11) is -6.07. The van der Waals surface area contributed by atoms with Gasteiger partial charge in [0.25, 0.3) is 0 Å². The molecule has 0 unspecified atom stereocenters. The molecular formula is C25H13F4I4O11S-. The first-order valence-electron chi connectivity index (χ1n) is 11.4. The van der Waals surface area contributed by atoms with E-state index < -0.39 is 92.1 Å². The van der Waals surface area contributed by atoms with Crippen molar-refractivity contribution in [1.29, 1.82) is 0 Å². The molecule has 11 nitrogen and oxygen atoms in total. The second-order valence-corrected chi connectivity index (χ2v) is 15.2. The van der Waals surface area contributed by atoms with Crippen LogP contribution in [0.5, 0.6) is 17.2 Å². The lowest BCUT2D eigenvalue weighted by Crippen LogP contribution is -2.42. The third kappa shape index (κ3) is 8.39. The maximum absolute atomic E-state index is 14.6. The highest BCUT2D eigenvalue weighted by Gasteiger charge is 2.42. The minimum Gasteiger partial charge on any atom is -0.744 e. The van der Waals surface area contributed by atoms with Crippen molar-refractivity contribution in [2.75, 3.05) is 13.2 Å². The Labute approximate surface area is 305 Å². The van der Waals surface area contributed by atoms with Gasteiger partial charge in [0.15, 0.2) is 11.6 Å². The molecule has 0 spiro atoms. The second-order valence-electron chi connectivity index (χ2n) is 9.04. The average molecular weight is 1110 g/mol. The number of aromatic hydroxyl groups is 2. The first-order valence-corrected chi connectivity index (χ1v) is 17.2. The summed E-state index contributed by atoms with van der Waals surface area (Å²) in [6.07, 6.45) is 0. The van der Waals surface area contributed by atoms with Gasteiger partial charge in [-0.15, -0.1) is 0 Å². The van der Waals surface area contributed by atoms with Crippen molar-refractivity contribution >= 4 is 118 Å². The molecule has 0 saturated heterocycles. The summed E-state index contributed by atoms with van der Waals surface area (Å²) in [5.41, 5.74) is -3.16. The molecule has 45 heavy (non-hydrogen) atoms. The number of phenols is 2. The zero-order valence-corrected chi connectivity index (χ0v) is 31.2. The van der Waals surface area contributed by atoms with Crippen molar-refractivity contribution < 1.29 is 69.3 Å². The van der Waals surface area contributed by atoms with Gasteiger partial charge in [-0.2, -0.15) is 8.78 Å². The van der Waals surface area contributed by atoms with Gasteiger partial charge in [-0.05, 0) is 122 Å². The number of carbonyl (C=O) groups is 3. The number of ether oxygens (including phenoxy) is 3. The molecule has 3 aromatic rings. The van der Waals surface area contributed by atoms with E-state index >= 15 is 0 Å². The molecule has 0 bridgehead atoms. The fourth-order valence-corrected chi connectivity index (χ4v) is 7.63. The van der Waals surface area contributed by atoms with E-state index in [-0.39, 0.29) is 18.3 Å². The van der Waals surface area contributed by atoms with E-state index in [0.29, 0.717) is 7.14 Å². The lowest BCUT2D eigenvalue weighted by Gasteiger charge is -2.27. The number of halogens is 8. The molecule has 0 atom stereocenters. The highest BCUT2D eigenvalue weighted by Crippen LogP contribution is 2.35. The summed E-state index contributed by atoms with van der Waals surface area (Å²) in [5, 5.41) is 20.5. The Kier molecular flexibility index (Phi) is 12.2. The van der Waals surface area contributed by atoms with Gasteiger partial charge in [0.1, 0.15) is 56.3 Å². The van der Waals surface area contributed by atoms with Gasteiger partial charge in [0, 0.05) is 7.14 Å². The van der Waals surface area contributed by atoms with Gasteiger partial charge in [-0.1, -0.05) is 0 Å². The van der Waals surface area contributed by atoms with Crippen molar-refractivity contribution in [2.24, 2.45) is 5.41 Å². The second kappa shape index (κ2) is 14.5. The molecule has 0 fully saturated rings. The van der Waals surface area contributed by atoms with E-state index in [1.54, 1.807) is 45.2 Å². The molecule has 3 rings (SSSR count). The Hall–Kier alpha value is -1.78. The molecule has 0 heterocycles. The van der Waals surface area contributed by atoms with Crippen molar-refractivity contribution in [3.05, 3.63) is 72.9 Å². The summed E-state index contributed by atoms with van der Waals surface area (Å²) in [6, 6.07) is 5.47. The van der Waals surface area contributed by atoms with Crippen LogP contribution in [0.15, 0.2) is 29.2 Å². The summed E-state index contributed by atoms with van der Waals surface area (Å²) in [4.78, 5) is 36.4. The average Bonchev–Trinajstić information content (AvgIpc) is 2.94. The highest BCUT2D eigenvalue weighted by atomic mass is 127. The van der Waals surface area contributed by atoms with Crippen LogP contribution < -0.4 is 4.74 Å². The van der Waals surface area contributed by atoms with Crippen molar-refractivity contribution in [1.82, 2.24) is 0 Å². The lowest BCUT2D eigenvalue weighted by atomic mass is 9.93. The highest BCUT2D eigenvalue weighted by molar-refractivity contribution is 14.1. The van der Waals surface area contributed by atoms with Crippen LogP contribution in [0, 0.1) is 43.0 Å². The number of rotatable bonds is 9. The third-order valence-electron chi connectivity index (χ3n) is 5.66. The van der Waals surface area contributed by atoms with Gasteiger partial charge >= 0.3 is 17.9 Å². The minimum atomic E-state index is -6.07. The van der Waals surface area contributed by atoms with E-state index in [1.165, 1.54) is 24.3 Å². The third-order valence-corrected chi connectivity index (χ3v) is 9.41. The van der Waals surface area contributed by atoms with E-state index in [0.717, 1.165) is 6.92 Å². The van der Waals surface area contributed by atoms with Crippen molar-refractivity contribution in [2.45, 2.75) is 11.8 Å². The number of carbonyl (C=O) groups excluding carboxylic acids is 3. The van der Waals surface area contributed by atoms with Crippen molar-refractivity contribution in [3.8, 4) is 17.2 Å². The Bertz CT molecular complexity index is 1750. The van der Waals surface area contributed by atoms with Gasteiger partial charge in [0.2, 0.25) is 17.4 Å². The predicted molar refractivity (Wildman–Crippen MR) is 176 cm³/mol. The normalized spacial score (nSPS) is 11.7. The number of benzene rings is 3. The van der Waals surface area contributed by atoms with E-state index in [2.05, 4.69) is 4.74 Å². The minimum absolute atomic E-state index is 0.244. The molecule has 20 heteroatoms. The van der Waals surface area contributed by atoms with Crippen LogP contribution in [0.25, 0.3) is 0 Å². The molecule has 0 aliphatic carbocycles. The van der Waals surface area contributed by atoms with Gasteiger partial charge in [-0.3, -0.25) is 4.79 Å². The number of hydrogen-bond acceptors (Lipinski definition) is 11. The Morgan fingerprint density at radius 1 is 0.778 bits per heavy atom. The van der Waals surface area contributed by atoms with Crippen LogP contribution in [0.4, 0.5) is 17.6 Å². The monoisotopic (exact) mass is 1100 g/mol. The van der Waals surface area contributed by atoms with Crippen LogP contribution >= 0.6 is 90.4 Å². The molecular weight excluding hydrogens is 1090 g/mol. The summed E-state index contributed by atoms with van der Waals surface area (Å²) in [6.45, 7) is -1.31. The molecule has 0 aliphatic heterocycles. The van der Waals surface area contributed by atoms with E-state index in [1.807, 2.05) is 45.2 Å². The number of phenolic OH excluding ortho intramolecular Hbond substituents is 2. The molecule has 0 saturated carbocycles. The van der Waals surface area contributed by atoms with Gasteiger partial charge in [0.05, 0.1) is 7.14 Å². The van der Waals surface area contributed by atoms with Gasteiger partial charge in [-0.25, -0.2) is 26.8 Å². The SMILES string of the molecule is CC(COC(=O)c1cc(I)cc(I)c1O)(COC(=O)c1cc(I)cc(I)c1O)C(=O)Oc1c(F)c(F)c(S(=O)(=O)[O-])c(F)c1F. The predicted octanol–water partition coefficient (Wildman–Crippen LogP) is 5.60. The molecule has 0 radical (unpaired) electrons. The van der Waals surface area contributed by atoms with Crippen LogP contribution in [0.3, 0.4) is 0 Å². The van der Waals surface area contributed by atoms with Crippen LogP contribution in [0.2, 0.25) is 0 Å². The first-order chi connectivity index (χ1) is 20.7. The quantitative estimate of drug-likeness (QED) is 0.0682. The fraction of sp³-hybridized carbons (Fsp3) is 0.160. The van der Waals surface area contributed by atoms with E-state index in [4.69, 9.17) is 9.47 Å². The number of esters is 3. The zero-order chi connectivity index (χ0) is 34.2. The lowest BCUT2D eigenvalue weighted by molar-refractivity contribution is -0.150. The topological polar surface area (TPSA) is 177 Å². The maximum Gasteiger partial charge on any atom is 0.342 e. The molecule has 0 amide bonds. The van der Waals surface area contributed by atoms with Gasteiger partial charge < -0.3 is 29.0 Å². The summed E-state index contributed by atoms with van der Waals surface area (Å²) in [5.74, 6) is -17.8. The standard InChI is InChI=1S/C25H14F4I4O11S/c1-25(6-42-22(36)10-2-8(30)4-12(32)18(10)34,7-43-23(37)11-3-9(31)5-13(33)19(11)35)24(38)44-20-14(26)16(28)21(45(39,40)41)17(29)15(20)27/h2-5,34-35H,6-7H2,1H3,(H,39,40,41)/p-1. The van der Waals surface area contributed by atoms with Crippen LogP contribution in [-0.4, -0.2) is 54.3 Å². The summed E-state index contributed by atoms with van der Waals surface area (Å²) < 4.78 is 107. The number of hydrogen-bond donors (Lipinski definition) is 2. The van der Waals surface area contributed by atoms with Crippen molar-refractivity contribution in [3.63, 3.8) is 0 Å². The largest absolute Gasteiger partial charge is 0.744 e. The first kappa shape index (κ1) is 37.7. The van der Waals surface area contributed by atoms with Crippen LogP contribution in [-0.2, 0) is 24.4 Å². The maximum atomic E-state index is 14.6. The Morgan fingerprint density at radius 3 is 1.51 bits per heavy atom. The zero-order valence-electron chi connectivity index (χ0n) is 21.7. The molecule has 0 aromatic heterocycles. The Morgan fingerprint density at radius 2 is 1.16 bits per heavy atom. The Balaban J connectivity index is 2.01. The molecule has 3 aromatic carbocycles. The fourth-order valence-electron chi connectivity index (χ4n) is 3.32. The molecule has 2 N–H and O–H groups in total. The molecule has 0 aliphatic rings.